The van der Waals surface area contributed by atoms with Crippen molar-refractivity contribution in [3.05, 3.63) is 17.5 Å². The molecule has 1 aliphatic carbocycles. The molecule has 0 saturated heterocycles. The van der Waals surface area contributed by atoms with E-state index in [-0.39, 0.29) is 11.7 Å². The van der Waals surface area contributed by atoms with Gasteiger partial charge in [-0.15, -0.1) is 0 Å². The molecule has 1 aromatic heterocycles. The zero-order valence-corrected chi connectivity index (χ0v) is 11.2. The SMILES string of the molecule is Cc1cc(NC(=O)N(C)CC2CCC2)c(C(=O)O)[nH]1. The summed E-state index contributed by atoms with van der Waals surface area (Å²) in [6, 6.07) is 1.35. The van der Waals surface area contributed by atoms with Gasteiger partial charge in [0.2, 0.25) is 0 Å². The second-order valence-electron chi connectivity index (χ2n) is 5.15. The van der Waals surface area contributed by atoms with Crippen LogP contribution in [0.3, 0.4) is 0 Å². The van der Waals surface area contributed by atoms with Crippen LogP contribution in [0.1, 0.15) is 35.4 Å². The Hall–Kier alpha value is -1.98. The van der Waals surface area contributed by atoms with Crippen LogP contribution in [0.25, 0.3) is 0 Å². The molecule has 104 valence electrons. The molecule has 0 aromatic carbocycles. The number of hydrogen-bond acceptors (Lipinski definition) is 2. The van der Waals surface area contributed by atoms with E-state index in [1.54, 1.807) is 24.9 Å². The minimum Gasteiger partial charge on any atom is -0.477 e. The molecule has 1 heterocycles. The number of nitrogens with zero attached hydrogens (tertiary/aromatic N) is 1. The summed E-state index contributed by atoms with van der Waals surface area (Å²) >= 11 is 0. The van der Waals surface area contributed by atoms with Gasteiger partial charge in [-0.1, -0.05) is 6.42 Å². The Balaban J connectivity index is 1.99. The van der Waals surface area contributed by atoms with Crippen molar-refractivity contribution in [3.63, 3.8) is 0 Å². The van der Waals surface area contributed by atoms with E-state index in [4.69, 9.17) is 5.11 Å². The number of carbonyl (C=O) groups excluding carboxylic acids is 1. The predicted octanol–water partition coefficient (Wildman–Crippen LogP) is 2.29. The number of carbonyl (C=O) groups is 2. The Morgan fingerprint density at radius 2 is 2.21 bits per heavy atom. The molecule has 0 bridgehead atoms. The summed E-state index contributed by atoms with van der Waals surface area (Å²) in [5, 5.41) is 11.7. The number of H-pyrrole nitrogens is 1. The van der Waals surface area contributed by atoms with Crippen LogP contribution in [0.5, 0.6) is 0 Å². The first-order valence-electron chi connectivity index (χ1n) is 6.42. The Labute approximate surface area is 111 Å². The molecule has 3 N–H and O–H groups in total. The Bertz CT molecular complexity index is 491. The summed E-state index contributed by atoms with van der Waals surface area (Å²) < 4.78 is 0. The lowest BCUT2D eigenvalue weighted by atomic mass is 9.85. The van der Waals surface area contributed by atoms with Gasteiger partial charge in [0, 0.05) is 19.3 Å². The third-order valence-electron chi connectivity index (χ3n) is 3.51. The van der Waals surface area contributed by atoms with Crippen molar-refractivity contribution in [1.29, 1.82) is 0 Å². The van der Waals surface area contributed by atoms with Crippen molar-refractivity contribution in [2.24, 2.45) is 5.92 Å². The van der Waals surface area contributed by atoms with E-state index in [0.29, 0.717) is 17.3 Å². The van der Waals surface area contributed by atoms with Crippen molar-refractivity contribution in [1.82, 2.24) is 9.88 Å². The van der Waals surface area contributed by atoms with Crippen LogP contribution in [0.2, 0.25) is 0 Å². The first-order chi connectivity index (χ1) is 8.97. The minimum atomic E-state index is -1.08. The molecule has 0 radical (unpaired) electrons. The highest BCUT2D eigenvalue weighted by Gasteiger charge is 2.22. The average molecular weight is 265 g/mol. The van der Waals surface area contributed by atoms with Gasteiger partial charge in [-0.25, -0.2) is 9.59 Å². The highest BCUT2D eigenvalue weighted by Crippen LogP contribution is 2.27. The highest BCUT2D eigenvalue weighted by molar-refractivity contribution is 5.99. The van der Waals surface area contributed by atoms with Gasteiger partial charge >= 0.3 is 12.0 Å². The third-order valence-corrected chi connectivity index (χ3v) is 3.51. The number of aryl methyl sites for hydroxylation is 1. The largest absolute Gasteiger partial charge is 0.477 e. The van der Waals surface area contributed by atoms with Crippen molar-refractivity contribution < 1.29 is 14.7 Å². The normalized spacial score (nSPS) is 14.8. The summed E-state index contributed by atoms with van der Waals surface area (Å²) in [5.41, 5.74) is 1.03. The zero-order valence-electron chi connectivity index (χ0n) is 11.2. The van der Waals surface area contributed by atoms with E-state index >= 15 is 0 Å². The Morgan fingerprint density at radius 3 is 2.74 bits per heavy atom. The van der Waals surface area contributed by atoms with Gasteiger partial charge in [0.15, 0.2) is 0 Å². The third kappa shape index (κ3) is 3.07. The fourth-order valence-electron chi connectivity index (χ4n) is 2.21. The molecule has 0 atom stereocenters. The summed E-state index contributed by atoms with van der Waals surface area (Å²) in [4.78, 5) is 27.3. The van der Waals surface area contributed by atoms with Crippen molar-refractivity contribution in [2.75, 3.05) is 18.9 Å². The number of aromatic nitrogens is 1. The zero-order chi connectivity index (χ0) is 14.0. The fourth-order valence-corrected chi connectivity index (χ4v) is 2.21. The predicted molar refractivity (Wildman–Crippen MR) is 71.5 cm³/mol. The maximum atomic E-state index is 12.0. The number of amides is 2. The summed E-state index contributed by atoms with van der Waals surface area (Å²) in [6.07, 6.45) is 3.57. The van der Waals surface area contributed by atoms with Gasteiger partial charge in [-0.05, 0) is 31.7 Å². The van der Waals surface area contributed by atoms with Crippen molar-refractivity contribution in [3.8, 4) is 0 Å². The number of nitrogens with one attached hydrogen (secondary N) is 2. The number of anilines is 1. The molecule has 19 heavy (non-hydrogen) atoms. The van der Waals surface area contributed by atoms with Crippen LogP contribution >= 0.6 is 0 Å². The second kappa shape index (κ2) is 5.34. The molecular weight excluding hydrogens is 246 g/mol. The van der Waals surface area contributed by atoms with E-state index < -0.39 is 5.97 Å². The summed E-state index contributed by atoms with van der Waals surface area (Å²) in [5.74, 6) is -0.493. The van der Waals surface area contributed by atoms with Crippen LogP contribution in [0.15, 0.2) is 6.07 Å². The molecule has 2 amide bonds. The molecule has 0 aliphatic heterocycles. The van der Waals surface area contributed by atoms with Gasteiger partial charge in [-0.2, -0.15) is 0 Å². The maximum Gasteiger partial charge on any atom is 0.354 e. The van der Waals surface area contributed by atoms with Crippen LogP contribution in [0, 0.1) is 12.8 Å². The Morgan fingerprint density at radius 1 is 1.53 bits per heavy atom. The fraction of sp³-hybridized carbons (Fsp3) is 0.538. The number of aromatic amines is 1. The van der Waals surface area contributed by atoms with E-state index in [9.17, 15) is 9.59 Å². The number of hydrogen-bond donors (Lipinski definition) is 3. The van der Waals surface area contributed by atoms with E-state index in [2.05, 4.69) is 10.3 Å². The minimum absolute atomic E-state index is 0.0166. The van der Waals surface area contributed by atoms with Crippen LogP contribution in [-0.4, -0.2) is 40.6 Å². The molecule has 6 nitrogen and oxygen atoms in total. The number of carboxylic acids is 1. The Kier molecular flexibility index (Phi) is 3.78. The molecule has 0 unspecified atom stereocenters. The second-order valence-corrected chi connectivity index (χ2v) is 5.15. The van der Waals surface area contributed by atoms with Gasteiger partial charge in [0.1, 0.15) is 5.69 Å². The van der Waals surface area contributed by atoms with Gasteiger partial charge in [0.05, 0.1) is 5.69 Å². The molecule has 2 rings (SSSR count). The molecule has 1 aliphatic rings. The maximum absolute atomic E-state index is 12.0. The van der Waals surface area contributed by atoms with Crippen molar-refractivity contribution >= 4 is 17.7 Å². The standard InChI is InChI=1S/C13H19N3O3/c1-8-6-10(11(14-8)12(17)18)15-13(19)16(2)7-9-4-3-5-9/h6,9,14H,3-5,7H2,1-2H3,(H,15,19)(H,17,18). The van der Waals surface area contributed by atoms with Crippen molar-refractivity contribution in [2.45, 2.75) is 26.2 Å². The van der Waals surface area contributed by atoms with Crippen LogP contribution < -0.4 is 5.32 Å². The first kappa shape index (κ1) is 13.5. The molecule has 1 saturated carbocycles. The van der Waals surface area contributed by atoms with Gasteiger partial charge in [0.25, 0.3) is 0 Å². The lowest BCUT2D eigenvalue weighted by Gasteiger charge is -2.30. The van der Waals surface area contributed by atoms with E-state index in [0.717, 1.165) is 6.54 Å². The number of aromatic carboxylic acids is 1. The van der Waals surface area contributed by atoms with Crippen LogP contribution in [-0.2, 0) is 0 Å². The average Bonchev–Trinajstić information content (AvgIpc) is 2.64. The van der Waals surface area contributed by atoms with E-state index in [1.165, 1.54) is 19.3 Å². The lowest BCUT2D eigenvalue weighted by molar-refractivity contribution is 0.0692. The molecule has 6 heteroatoms. The highest BCUT2D eigenvalue weighted by atomic mass is 16.4. The molecule has 0 spiro atoms. The van der Waals surface area contributed by atoms with E-state index in [1.807, 2.05) is 0 Å². The number of rotatable bonds is 4. The summed E-state index contributed by atoms with van der Waals surface area (Å²) in [7, 11) is 1.73. The first-order valence-corrected chi connectivity index (χ1v) is 6.42. The topological polar surface area (TPSA) is 85.4 Å². The number of urea groups is 1. The quantitative estimate of drug-likeness (QED) is 0.780. The van der Waals surface area contributed by atoms with Gasteiger partial charge in [-0.3, -0.25) is 0 Å². The molecular formula is C13H19N3O3. The lowest BCUT2D eigenvalue weighted by Crippen LogP contribution is -2.37. The monoisotopic (exact) mass is 265 g/mol. The molecule has 1 fully saturated rings. The smallest absolute Gasteiger partial charge is 0.354 e. The van der Waals surface area contributed by atoms with Crippen LogP contribution in [0.4, 0.5) is 10.5 Å². The number of carboxylic acid groups (broad SMARTS) is 1. The van der Waals surface area contributed by atoms with Gasteiger partial charge < -0.3 is 20.3 Å². The summed E-state index contributed by atoms with van der Waals surface area (Å²) in [6.45, 7) is 2.47. The molecule has 1 aromatic rings.